The molecule has 0 amide bonds. The Bertz CT molecular complexity index is 856. The van der Waals surface area contributed by atoms with Crippen molar-refractivity contribution in [3.8, 4) is 11.5 Å². The van der Waals surface area contributed by atoms with Crippen molar-refractivity contribution >= 4 is 49.4 Å². The molecule has 2 aromatic carbocycles. The molecule has 0 heterocycles. The van der Waals surface area contributed by atoms with E-state index >= 15 is 0 Å². The van der Waals surface area contributed by atoms with Crippen molar-refractivity contribution in [2.45, 2.75) is 0 Å². The number of benzene rings is 2. The van der Waals surface area contributed by atoms with E-state index in [2.05, 4.69) is 37.0 Å². The lowest BCUT2D eigenvalue weighted by Crippen LogP contribution is -1.96. The number of nitro groups is 2. The van der Waals surface area contributed by atoms with Gasteiger partial charge in [-0.25, -0.2) is 0 Å². The molecule has 0 aromatic heterocycles. The van der Waals surface area contributed by atoms with E-state index in [1.807, 2.05) is 0 Å². The topological polar surface area (TPSA) is 128 Å². The molecule has 9 nitrogen and oxygen atoms in total. The number of hydrogen-bond donors (Lipinski definition) is 1. The highest BCUT2D eigenvalue weighted by molar-refractivity contribution is 9.13. The van der Waals surface area contributed by atoms with E-state index < -0.39 is 21.2 Å². The summed E-state index contributed by atoms with van der Waals surface area (Å²) in [5, 5.41) is 34.8. The molecule has 1 N–H and O–H groups in total. The summed E-state index contributed by atoms with van der Waals surface area (Å²) in [4.78, 5) is 25.1. The molecule has 0 atom stereocenters. The summed E-state index contributed by atoms with van der Waals surface area (Å²) in [7, 11) is 0. The highest BCUT2D eigenvalue weighted by Gasteiger charge is 2.21. The van der Waals surface area contributed by atoms with Crippen molar-refractivity contribution in [3.05, 3.63) is 65.1 Å². The highest BCUT2D eigenvalue weighted by Crippen LogP contribution is 2.34. The first-order chi connectivity index (χ1) is 11.3. The molecule has 0 aliphatic heterocycles. The summed E-state index contributed by atoms with van der Waals surface area (Å²) in [6.45, 7) is 0. The maximum Gasteiger partial charge on any atom is 0.321 e. The van der Waals surface area contributed by atoms with Gasteiger partial charge in [-0.2, -0.15) is 0 Å². The van der Waals surface area contributed by atoms with Crippen LogP contribution in [0.3, 0.4) is 0 Å². The molecule has 2 rings (SSSR count). The van der Waals surface area contributed by atoms with Gasteiger partial charge in [0, 0.05) is 16.1 Å². The van der Waals surface area contributed by atoms with Crippen LogP contribution in [0.25, 0.3) is 0 Å². The molecule has 0 fully saturated rings. The first-order valence-corrected chi connectivity index (χ1v) is 7.70. The SMILES string of the molecule is O=[N+]([O-])c1ccc(ON=Cc2ccc(O)c(Br)c2Br)c([N+](=O)[O-])c1. The molecule has 0 radical (unpaired) electrons. The third-order valence-electron chi connectivity index (χ3n) is 2.78. The third kappa shape index (κ3) is 3.86. The maximum atomic E-state index is 11.0. The molecular weight excluding hydrogens is 454 g/mol. The van der Waals surface area contributed by atoms with E-state index in [9.17, 15) is 25.3 Å². The number of non-ortho nitro benzene ring substituents is 1. The summed E-state index contributed by atoms with van der Waals surface area (Å²) in [5.41, 5.74) is -0.472. The van der Waals surface area contributed by atoms with E-state index in [4.69, 9.17) is 4.84 Å². The van der Waals surface area contributed by atoms with Gasteiger partial charge in [-0.05, 0) is 50.1 Å². The fourth-order valence-electron chi connectivity index (χ4n) is 1.63. The van der Waals surface area contributed by atoms with Gasteiger partial charge in [-0.15, -0.1) is 0 Å². The number of halogens is 2. The number of nitro benzene ring substituents is 2. The number of phenolic OH excluding ortho intramolecular Hbond substituents is 1. The molecule has 0 spiro atoms. The normalized spacial score (nSPS) is 10.8. The molecular formula is C13H7Br2N3O6. The molecule has 124 valence electrons. The summed E-state index contributed by atoms with van der Waals surface area (Å²) >= 11 is 6.41. The fraction of sp³-hybridized carbons (Fsp3) is 0. The van der Waals surface area contributed by atoms with E-state index in [0.717, 1.165) is 18.2 Å². The van der Waals surface area contributed by atoms with Gasteiger partial charge in [0.25, 0.3) is 5.69 Å². The van der Waals surface area contributed by atoms with E-state index in [1.165, 1.54) is 12.3 Å². The van der Waals surface area contributed by atoms with E-state index in [1.54, 1.807) is 6.07 Å². The van der Waals surface area contributed by atoms with Gasteiger partial charge in [-0.3, -0.25) is 20.2 Å². The summed E-state index contributed by atoms with van der Waals surface area (Å²) < 4.78 is 0.917. The van der Waals surface area contributed by atoms with Crippen LogP contribution in [-0.4, -0.2) is 21.2 Å². The maximum absolute atomic E-state index is 11.0. The average molecular weight is 461 g/mol. The lowest BCUT2D eigenvalue weighted by Gasteiger charge is -2.03. The minimum Gasteiger partial charge on any atom is -0.507 e. The minimum absolute atomic E-state index is 0.0194. The van der Waals surface area contributed by atoms with Crippen LogP contribution in [0.4, 0.5) is 11.4 Å². The van der Waals surface area contributed by atoms with Crippen LogP contribution in [0.5, 0.6) is 11.5 Å². The van der Waals surface area contributed by atoms with Crippen molar-refractivity contribution in [2.24, 2.45) is 5.16 Å². The Kier molecular flexibility index (Phi) is 5.46. The molecule has 0 saturated heterocycles. The smallest absolute Gasteiger partial charge is 0.321 e. The van der Waals surface area contributed by atoms with Crippen LogP contribution in [0.1, 0.15) is 5.56 Å². The van der Waals surface area contributed by atoms with Gasteiger partial charge in [0.2, 0.25) is 5.75 Å². The predicted octanol–water partition coefficient (Wildman–Crippen LogP) is 4.15. The molecule has 11 heteroatoms. The Morgan fingerprint density at radius 3 is 2.42 bits per heavy atom. The van der Waals surface area contributed by atoms with Crippen molar-refractivity contribution < 1.29 is 19.8 Å². The van der Waals surface area contributed by atoms with Crippen LogP contribution in [-0.2, 0) is 0 Å². The van der Waals surface area contributed by atoms with Gasteiger partial charge in [0.05, 0.1) is 26.6 Å². The van der Waals surface area contributed by atoms with E-state index in [0.29, 0.717) is 14.5 Å². The number of nitrogens with zero attached hydrogens (tertiary/aromatic N) is 3. The van der Waals surface area contributed by atoms with Crippen LogP contribution >= 0.6 is 31.9 Å². The molecule has 0 aliphatic carbocycles. The number of oxime groups is 1. The summed E-state index contributed by atoms with van der Waals surface area (Å²) in [6, 6.07) is 5.92. The Morgan fingerprint density at radius 2 is 1.79 bits per heavy atom. The molecule has 0 saturated carbocycles. The van der Waals surface area contributed by atoms with Crippen LogP contribution in [0.2, 0.25) is 0 Å². The standard InChI is InChI=1S/C13H7Br2N3O6/c14-12-7(1-3-10(19)13(12)15)6-16-24-11-4-2-8(17(20)21)5-9(11)18(22)23/h1-6,19H. The zero-order chi connectivity index (χ0) is 17.9. The molecule has 24 heavy (non-hydrogen) atoms. The van der Waals surface area contributed by atoms with Crippen molar-refractivity contribution in [1.29, 1.82) is 0 Å². The number of rotatable bonds is 5. The third-order valence-corrected chi connectivity index (χ3v) is 4.97. The van der Waals surface area contributed by atoms with Gasteiger partial charge in [0.1, 0.15) is 5.75 Å². The van der Waals surface area contributed by atoms with Crippen LogP contribution < -0.4 is 4.84 Å². The summed E-state index contributed by atoms with van der Waals surface area (Å²) in [6.07, 6.45) is 1.26. The molecule has 0 bridgehead atoms. The quantitative estimate of drug-likeness (QED) is 0.405. The van der Waals surface area contributed by atoms with Crippen molar-refractivity contribution in [1.82, 2.24) is 0 Å². The lowest BCUT2D eigenvalue weighted by molar-refractivity contribution is -0.394. The first-order valence-electron chi connectivity index (χ1n) is 6.11. The monoisotopic (exact) mass is 459 g/mol. The number of hydrogen-bond acceptors (Lipinski definition) is 7. The van der Waals surface area contributed by atoms with Gasteiger partial charge in [-0.1, -0.05) is 5.16 Å². The Labute approximate surface area is 151 Å². The molecule has 0 aliphatic rings. The Morgan fingerprint density at radius 1 is 1.08 bits per heavy atom. The Balaban J connectivity index is 2.27. The van der Waals surface area contributed by atoms with Gasteiger partial charge >= 0.3 is 5.69 Å². The first kappa shape index (κ1) is 17.8. The highest BCUT2D eigenvalue weighted by atomic mass is 79.9. The zero-order valence-electron chi connectivity index (χ0n) is 11.6. The summed E-state index contributed by atoms with van der Waals surface area (Å²) in [5.74, 6) is -0.221. The van der Waals surface area contributed by atoms with Gasteiger partial charge < -0.3 is 9.94 Å². The largest absolute Gasteiger partial charge is 0.507 e. The van der Waals surface area contributed by atoms with Crippen LogP contribution in [0.15, 0.2) is 44.4 Å². The molecule has 2 aromatic rings. The second kappa shape index (κ2) is 7.36. The fourth-order valence-corrected chi connectivity index (χ4v) is 2.43. The number of phenols is 1. The number of aromatic hydroxyl groups is 1. The second-order valence-electron chi connectivity index (χ2n) is 4.29. The average Bonchev–Trinajstić information content (AvgIpc) is 2.54. The molecule has 0 unspecified atom stereocenters. The van der Waals surface area contributed by atoms with Crippen molar-refractivity contribution in [3.63, 3.8) is 0 Å². The van der Waals surface area contributed by atoms with Gasteiger partial charge in [0.15, 0.2) is 0 Å². The lowest BCUT2D eigenvalue weighted by atomic mass is 10.2. The zero-order valence-corrected chi connectivity index (χ0v) is 14.7. The second-order valence-corrected chi connectivity index (χ2v) is 5.88. The van der Waals surface area contributed by atoms with Crippen molar-refractivity contribution in [2.75, 3.05) is 0 Å². The van der Waals surface area contributed by atoms with Crippen LogP contribution in [0, 0.1) is 20.2 Å². The predicted molar refractivity (Wildman–Crippen MR) is 91.5 cm³/mol. The minimum atomic E-state index is -0.801. The Hall–Kier alpha value is -2.53. The van der Waals surface area contributed by atoms with E-state index in [-0.39, 0.29) is 11.5 Å².